The number of carbonyl (C=O) groups excluding carboxylic acids is 2. The Balaban J connectivity index is 1.45. The third-order valence-electron chi connectivity index (χ3n) is 4.76. The van der Waals surface area contributed by atoms with Crippen molar-refractivity contribution in [3.05, 3.63) is 70.4 Å². The zero-order valence-corrected chi connectivity index (χ0v) is 22.0. The van der Waals surface area contributed by atoms with Crippen LogP contribution >= 0.6 is 22.7 Å². The van der Waals surface area contributed by atoms with Gasteiger partial charge in [0.1, 0.15) is 11.4 Å². The number of anilines is 2. The van der Waals surface area contributed by atoms with Gasteiger partial charge in [0.15, 0.2) is 29.9 Å². The number of nitrogens with one attached hydrogen (secondary N) is 2. The van der Waals surface area contributed by atoms with Gasteiger partial charge in [-0.3, -0.25) is 20.2 Å². The van der Waals surface area contributed by atoms with E-state index in [1.807, 2.05) is 0 Å². The molecule has 0 bridgehead atoms. The molecule has 0 radical (unpaired) electrons. The summed E-state index contributed by atoms with van der Waals surface area (Å²) in [7, 11) is -6.91. The van der Waals surface area contributed by atoms with Crippen LogP contribution in [0.25, 0.3) is 11.4 Å². The number of hydrogen-bond acceptors (Lipinski definition) is 10. The number of rotatable bonds is 7. The van der Waals surface area contributed by atoms with E-state index in [0.29, 0.717) is 11.4 Å². The molecule has 0 atom stereocenters. The summed E-state index contributed by atoms with van der Waals surface area (Å²) in [5.74, 6) is -1.02. The average molecular weight is 563 g/mol. The van der Waals surface area contributed by atoms with Crippen LogP contribution in [0.1, 0.15) is 20.7 Å². The van der Waals surface area contributed by atoms with Gasteiger partial charge in [0.25, 0.3) is 11.8 Å². The van der Waals surface area contributed by atoms with Crippen molar-refractivity contribution in [2.75, 3.05) is 23.1 Å². The zero-order chi connectivity index (χ0) is 26.1. The van der Waals surface area contributed by atoms with Crippen LogP contribution in [0.15, 0.2) is 69.1 Å². The highest BCUT2D eigenvalue weighted by atomic mass is 32.2. The van der Waals surface area contributed by atoms with Crippen molar-refractivity contribution in [1.82, 2.24) is 9.97 Å². The second-order valence-corrected chi connectivity index (χ2v) is 13.3. The molecule has 36 heavy (non-hydrogen) atoms. The fourth-order valence-electron chi connectivity index (χ4n) is 2.97. The molecule has 186 valence electrons. The molecule has 2 aromatic heterocycles. The van der Waals surface area contributed by atoms with Crippen molar-refractivity contribution in [2.24, 2.45) is 0 Å². The van der Waals surface area contributed by atoms with Gasteiger partial charge < -0.3 is 0 Å². The lowest BCUT2D eigenvalue weighted by molar-refractivity contribution is 0.101. The molecule has 0 aliphatic carbocycles. The number of sulfone groups is 2. The number of thiazole rings is 2. The highest BCUT2D eigenvalue weighted by Crippen LogP contribution is 2.29. The second kappa shape index (κ2) is 9.89. The molecular formula is C22H18N4O6S4. The molecule has 2 N–H and O–H groups in total. The quantitative estimate of drug-likeness (QED) is 0.347. The molecule has 2 aromatic carbocycles. The van der Waals surface area contributed by atoms with Gasteiger partial charge >= 0.3 is 0 Å². The normalized spacial score (nSPS) is 11.7. The van der Waals surface area contributed by atoms with Gasteiger partial charge in [0.2, 0.25) is 0 Å². The first-order chi connectivity index (χ1) is 16.9. The van der Waals surface area contributed by atoms with E-state index in [-0.39, 0.29) is 31.2 Å². The van der Waals surface area contributed by atoms with Gasteiger partial charge in [-0.2, -0.15) is 0 Å². The molecule has 0 saturated heterocycles. The first-order valence-electron chi connectivity index (χ1n) is 10.0. The summed E-state index contributed by atoms with van der Waals surface area (Å²) >= 11 is 2.32. The zero-order valence-electron chi connectivity index (χ0n) is 18.8. The van der Waals surface area contributed by atoms with Crippen LogP contribution in [0.5, 0.6) is 0 Å². The van der Waals surface area contributed by atoms with Gasteiger partial charge in [-0.25, -0.2) is 26.8 Å². The highest BCUT2D eigenvalue weighted by Gasteiger charge is 2.16. The Morgan fingerprint density at radius 2 is 1.08 bits per heavy atom. The first-order valence-corrected chi connectivity index (χ1v) is 15.6. The highest BCUT2D eigenvalue weighted by molar-refractivity contribution is 7.91. The molecule has 2 amide bonds. The van der Waals surface area contributed by atoms with E-state index in [1.54, 1.807) is 10.8 Å². The van der Waals surface area contributed by atoms with Crippen molar-refractivity contribution in [3.8, 4) is 11.4 Å². The number of nitrogens with zero attached hydrogens (tertiary/aromatic N) is 2. The van der Waals surface area contributed by atoms with Gasteiger partial charge in [0, 0.05) is 34.4 Å². The van der Waals surface area contributed by atoms with E-state index in [0.717, 1.165) is 35.2 Å². The van der Waals surface area contributed by atoms with Crippen LogP contribution in [0.4, 0.5) is 10.3 Å². The monoisotopic (exact) mass is 562 g/mol. The van der Waals surface area contributed by atoms with Crippen LogP contribution in [-0.2, 0) is 19.7 Å². The predicted molar refractivity (Wildman–Crippen MR) is 138 cm³/mol. The SMILES string of the molecule is CS(=O)(=O)c1cccc(C(=O)Nc2nc(-c3csc(NC(=O)c4cccc(S(C)(=O)=O)c4)n3)cs2)c1. The van der Waals surface area contributed by atoms with Gasteiger partial charge in [-0.1, -0.05) is 12.1 Å². The minimum absolute atomic E-state index is 0.0371. The Morgan fingerprint density at radius 1 is 0.694 bits per heavy atom. The fraction of sp³-hybridized carbons (Fsp3) is 0.0909. The van der Waals surface area contributed by atoms with Gasteiger partial charge in [-0.15, -0.1) is 22.7 Å². The Morgan fingerprint density at radius 3 is 1.44 bits per heavy atom. The van der Waals surface area contributed by atoms with Crippen LogP contribution < -0.4 is 10.6 Å². The predicted octanol–water partition coefficient (Wildman–Crippen LogP) is 3.58. The van der Waals surface area contributed by atoms with Crippen molar-refractivity contribution < 1.29 is 26.4 Å². The maximum absolute atomic E-state index is 12.5. The summed E-state index contributed by atoms with van der Waals surface area (Å²) in [5.41, 5.74) is 1.29. The minimum atomic E-state index is -3.45. The summed E-state index contributed by atoms with van der Waals surface area (Å²) in [5, 5.41) is 9.21. The molecule has 0 aliphatic heterocycles. The summed E-state index contributed by atoms with van der Waals surface area (Å²) in [6.07, 6.45) is 2.13. The third kappa shape index (κ3) is 6.02. The number of aromatic nitrogens is 2. The second-order valence-electron chi connectivity index (χ2n) is 7.58. The summed E-state index contributed by atoms with van der Waals surface area (Å²) in [6, 6.07) is 11.4. The van der Waals surface area contributed by atoms with Crippen LogP contribution in [0.2, 0.25) is 0 Å². The Bertz CT molecular complexity index is 1560. The summed E-state index contributed by atoms with van der Waals surface area (Å²) in [6.45, 7) is 0. The summed E-state index contributed by atoms with van der Waals surface area (Å²) < 4.78 is 46.9. The molecule has 0 aliphatic rings. The number of hydrogen-bond donors (Lipinski definition) is 2. The molecule has 0 saturated carbocycles. The van der Waals surface area contributed by atoms with E-state index in [4.69, 9.17) is 0 Å². The first kappa shape index (κ1) is 25.6. The topological polar surface area (TPSA) is 152 Å². The molecule has 4 aromatic rings. The molecule has 2 heterocycles. The van der Waals surface area contributed by atoms with Crippen LogP contribution in [0, 0.1) is 0 Å². The van der Waals surface area contributed by atoms with E-state index in [9.17, 15) is 26.4 Å². The van der Waals surface area contributed by atoms with Crippen molar-refractivity contribution in [1.29, 1.82) is 0 Å². The van der Waals surface area contributed by atoms with E-state index >= 15 is 0 Å². The molecule has 0 fully saturated rings. The summed E-state index contributed by atoms with van der Waals surface area (Å²) in [4.78, 5) is 33.8. The molecule has 0 spiro atoms. The smallest absolute Gasteiger partial charge is 0.257 e. The molecule has 14 heteroatoms. The fourth-order valence-corrected chi connectivity index (χ4v) is 5.70. The number of amides is 2. The largest absolute Gasteiger partial charge is 0.298 e. The van der Waals surface area contributed by atoms with Crippen LogP contribution in [0.3, 0.4) is 0 Å². The lowest BCUT2D eigenvalue weighted by Gasteiger charge is -2.04. The maximum Gasteiger partial charge on any atom is 0.257 e. The van der Waals surface area contributed by atoms with E-state index in [1.165, 1.54) is 48.5 Å². The Kier molecular flexibility index (Phi) is 7.04. The van der Waals surface area contributed by atoms with E-state index < -0.39 is 31.5 Å². The molecule has 4 rings (SSSR count). The van der Waals surface area contributed by atoms with Crippen LogP contribution in [-0.4, -0.2) is 51.1 Å². The van der Waals surface area contributed by atoms with Crippen molar-refractivity contribution >= 4 is 64.4 Å². The molecule has 0 unspecified atom stereocenters. The maximum atomic E-state index is 12.5. The van der Waals surface area contributed by atoms with E-state index in [2.05, 4.69) is 20.6 Å². The van der Waals surface area contributed by atoms with Crippen molar-refractivity contribution in [2.45, 2.75) is 9.79 Å². The average Bonchev–Trinajstić information content (AvgIpc) is 3.47. The number of benzene rings is 2. The lowest BCUT2D eigenvalue weighted by atomic mass is 10.2. The third-order valence-corrected chi connectivity index (χ3v) is 8.50. The Labute approximate surface area is 214 Å². The molecule has 10 nitrogen and oxygen atoms in total. The van der Waals surface area contributed by atoms with Gasteiger partial charge in [0.05, 0.1) is 9.79 Å². The standard InChI is InChI=1S/C22H18N4O6S4/c1-35(29,30)15-7-3-5-13(9-15)19(27)25-21-23-17(11-33-21)18-12-34-22(24-18)26-20(28)14-6-4-8-16(10-14)36(2,31)32/h3-12H,1-2H3,(H,23,25,27)(H,24,26,28). The minimum Gasteiger partial charge on any atom is -0.298 e. The lowest BCUT2D eigenvalue weighted by Crippen LogP contribution is -2.12. The van der Waals surface area contributed by atoms with Gasteiger partial charge in [-0.05, 0) is 36.4 Å². The Hall–Kier alpha value is -3.46. The van der Waals surface area contributed by atoms with Crippen molar-refractivity contribution in [3.63, 3.8) is 0 Å². The number of carbonyl (C=O) groups is 2. The molecular weight excluding hydrogens is 545 g/mol.